The Morgan fingerprint density at radius 2 is 2.00 bits per heavy atom. The molecule has 2 aromatic carbocycles. The molecule has 2 rings (SSSR count). The fourth-order valence-electron chi connectivity index (χ4n) is 1.40. The summed E-state index contributed by atoms with van der Waals surface area (Å²) >= 11 is 9.34. The van der Waals surface area contributed by atoms with E-state index in [-0.39, 0.29) is 5.82 Å². The lowest BCUT2D eigenvalue weighted by Gasteiger charge is -2.12. The highest BCUT2D eigenvalue weighted by Crippen LogP contribution is 2.33. The molecular formula is C12H9BrClFN2. The largest absolute Gasteiger partial charge is 0.397 e. The molecule has 88 valence electrons. The lowest BCUT2D eigenvalue weighted by molar-refractivity contribution is 0.628. The summed E-state index contributed by atoms with van der Waals surface area (Å²) in [5.41, 5.74) is 7.45. The molecule has 0 unspecified atom stereocenters. The summed E-state index contributed by atoms with van der Waals surface area (Å²) in [6.07, 6.45) is 0. The van der Waals surface area contributed by atoms with Crippen LogP contribution in [0.2, 0.25) is 5.02 Å². The highest BCUT2D eigenvalue weighted by atomic mass is 79.9. The maximum Gasteiger partial charge on any atom is 0.125 e. The molecule has 0 atom stereocenters. The average molecular weight is 316 g/mol. The number of hydrogen-bond acceptors (Lipinski definition) is 2. The summed E-state index contributed by atoms with van der Waals surface area (Å²) in [6.45, 7) is 0. The number of para-hydroxylation sites is 1. The first-order chi connectivity index (χ1) is 8.08. The van der Waals surface area contributed by atoms with Crippen LogP contribution < -0.4 is 11.1 Å². The number of rotatable bonds is 2. The van der Waals surface area contributed by atoms with Gasteiger partial charge in [-0.05, 0) is 46.3 Å². The van der Waals surface area contributed by atoms with Crippen LogP contribution in [-0.4, -0.2) is 0 Å². The van der Waals surface area contributed by atoms with Crippen molar-refractivity contribution in [2.75, 3.05) is 11.1 Å². The molecule has 0 amide bonds. The van der Waals surface area contributed by atoms with Crippen LogP contribution in [0.4, 0.5) is 21.5 Å². The summed E-state index contributed by atoms with van der Waals surface area (Å²) in [5.74, 6) is -0.332. The maximum atomic E-state index is 13.1. The molecule has 0 aliphatic carbocycles. The number of hydrogen-bond donors (Lipinski definition) is 2. The number of benzene rings is 2. The summed E-state index contributed by atoms with van der Waals surface area (Å²) < 4.78 is 13.9. The molecule has 3 N–H and O–H groups in total. The SMILES string of the molecule is Nc1cccc(Cl)c1Nc1cc(F)ccc1Br. The lowest BCUT2D eigenvalue weighted by Crippen LogP contribution is -1.98. The van der Waals surface area contributed by atoms with Gasteiger partial charge in [-0.3, -0.25) is 0 Å². The van der Waals surface area contributed by atoms with Crippen LogP contribution >= 0.6 is 27.5 Å². The summed E-state index contributed by atoms with van der Waals surface area (Å²) in [6, 6.07) is 9.54. The van der Waals surface area contributed by atoms with Crippen LogP contribution in [0.1, 0.15) is 0 Å². The minimum atomic E-state index is -0.332. The van der Waals surface area contributed by atoms with Gasteiger partial charge in [0.05, 0.1) is 22.1 Å². The Labute approximate surface area is 112 Å². The first-order valence-corrected chi connectivity index (χ1v) is 6.01. The second kappa shape index (κ2) is 4.94. The van der Waals surface area contributed by atoms with Gasteiger partial charge in [-0.15, -0.1) is 0 Å². The van der Waals surface area contributed by atoms with Gasteiger partial charge in [0.2, 0.25) is 0 Å². The highest BCUT2D eigenvalue weighted by molar-refractivity contribution is 9.10. The normalized spacial score (nSPS) is 10.3. The third-order valence-electron chi connectivity index (χ3n) is 2.23. The molecule has 17 heavy (non-hydrogen) atoms. The van der Waals surface area contributed by atoms with E-state index in [9.17, 15) is 4.39 Å². The van der Waals surface area contributed by atoms with Gasteiger partial charge in [-0.2, -0.15) is 0 Å². The third-order valence-corrected chi connectivity index (χ3v) is 3.24. The average Bonchev–Trinajstić information content (AvgIpc) is 2.28. The second-order valence-corrected chi connectivity index (χ2v) is 4.71. The lowest BCUT2D eigenvalue weighted by atomic mass is 10.2. The van der Waals surface area contributed by atoms with Gasteiger partial charge in [0.1, 0.15) is 5.82 Å². The van der Waals surface area contributed by atoms with E-state index in [4.69, 9.17) is 17.3 Å². The van der Waals surface area contributed by atoms with E-state index in [1.165, 1.54) is 12.1 Å². The number of nitrogen functional groups attached to an aromatic ring is 1. The third kappa shape index (κ3) is 2.70. The monoisotopic (exact) mass is 314 g/mol. The van der Waals surface area contributed by atoms with Crippen LogP contribution in [0.3, 0.4) is 0 Å². The van der Waals surface area contributed by atoms with Gasteiger partial charge in [-0.25, -0.2) is 4.39 Å². The van der Waals surface area contributed by atoms with Gasteiger partial charge in [0, 0.05) is 4.47 Å². The van der Waals surface area contributed by atoms with Crippen molar-refractivity contribution in [1.82, 2.24) is 0 Å². The minimum Gasteiger partial charge on any atom is -0.397 e. The molecule has 0 heterocycles. The molecule has 0 saturated heterocycles. The molecule has 0 fully saturated rings. The number of anilines is 3. The molecule has 0 aliphatic heterocycles. The van der Waals surface area contributed by atoms with E-state index < -0.39 is 0 Å². The maximum absolute atomic E-state index is 13.1. The van der Waals surface area contributed by atoms with Gasteiger partial charge in [-0.1, -0.05) is 17.7 Å². The molecular weight excluding hydrogens is 307 g/mol. The quantitative estimate of drug-likeness (QED) is 0.797. The first kappa shape index (κ1) is 12.2. The van der Waals surface area contributed by atoms with Crippen LogP contribution in [0.25, 0.3) is 0 Å². The summed E-state index contributed by atoms with van der Waals surface area (Å²) in [5, 5.41) is 3.49. The predicted molar refractivity (Wildman–Crippen MR) is 73.2 cm³/mol. The predicted octanol–water partition coefficient (Wildman–Crippen LogP) is 4.57. The van der Waals surface area contributed by atoms with Crippen molar-refractivity contribution in [1.29, 1.82) is 0 Å². The van der Waals surface area contributed by atoms with Gasteiger partial charge in [0.25, 0.3) is 0 Å². The Balaban J connectivity index is 2.41. The minimum absolute atomic E-state index is 0.332. The van der Waals surface area contributed by atoms with E-state index >= 15 is 0 Å². The van der Waals surface area contributed by atoms with E-state index in [1.54, 1.807) is 24.3 Å². The summed E-state index contributed by atoms with van der Waals surface area (Å²) in [7, 11) is 0. The molecule has 0 aliphatic rings. The zero-order chi connectivity index (χ0) is 12.4. The van der Waals surface area contributed by atoms with Crippen LogP contribution in [0.5, 0.6) is 0 Å². The molecule has 0 radical (unpaired) electrons. The van der Waals surface area contributed by atoms with Crippen molar-refractivity contribution in [3.8, 4) is 0 Å². The van der Waals surface area contributed by atoms with Crippen molar-refractivity contribution in [2.24, 2.45) is 0 Å². The molecule has 5 heteroatoms. The van der Waals surface area contributed by atoms with Crippen molar-refractivity contribution in [3.63, 3.8) is 0 Å². The van der Waals surface area contributed by atoms with Crippen LogP contribution in [-0.2, 0) is 0 Å². The van der Waals surface area contributed by atoms with Crippen molar-refractivity contribution in [3.05, 3.63) is 51.7 Å². The van der Waals surface area contributed by atoms with Crippen LogP contribution in [0.15, 0.2) is 40.9 Å². The number of nitrogens with one attached hydrogen (secondary N) is 1. The number of nitrogens with two attached hydrogens (primary N) is 1. The van der Waals surface area contributed by atoms with E-state index in [0.29, 0.717) is 22.1 Å². The van der Waals surface area contributed by atoms with Crippen molar-refractivity contribution < 1.29 is 4.39 Å². The van der Waals surface area contributed by atoms with E-state index in [1.807, 2.05) is 0 Å². The van der Waals surface area contributed by atoms with Crippen molar-refractivity contribution >= 4 is 44.6 Å². The zero-order valence-corrected chi connectivity index (χ0v) is 11.0. The smallest absolute Gasteiger partial charge is 0.125 e. The standard InChI is InChI=1S/C12H9BrClFN2/c13-8-5-4-7(15)6-11(8)17-12-9(14)2-1-3-10(12)16/h1-6,17H,16H2. The fourth-order valence-corrected chi connectivity index (χ4v) is 1.98. The Morgan fingerprint density at radius 3 is 2.71 bits per heavy atom. The van der Waals surface area contributed by atoms with Gasteiger partial charge in [0.15, 0.2) is 0 Å². The molecule has 0 bridgehead atoms. The summed E-state index contributed by atoms with van der Waals surface area (Å²) in [4.78, 5) is 0. The Kier molecular flexibility index (Phi) is 3.54. The second-order valence-electron chi connectivity index (χ2n) is 3.45. The van der Waals surface area contributed by atoms with Gasteiger partial charge >= 0.3 is 0 Å². The zero-order valence-electron chi connectivity index (χ0n) is 8.68. The Bertz CT molecular complexity index is 540. The Hall–Kier alpha value is -1.26. The fraction of sp³-hybridized carbons (Fsp3) is 0. The molecule has 0 aromatic heterocycles. The number of halogens is 3. The topological polar surface area (TPSA) is 38.0 Å². The van der Waals surface area contributed by atoms with Crippen LogP contribution in [0, 0.1) is 5.82 Å². The van der Waals surface area contributed by atoms with E-state index in [0.717, 1.165) is 4.47 Å². The molecule has 2 aromatic rings. The van der Waals surface area contributed by atoms with E-state index in [2.05, 4.69) is 21.2 Å². The van der Waals surface area contributed by atoms with Crippen molar-refractivity contribution in [2.45, 2.75) is 0 Å². The Morgan fingerprint density at radius 1 is 1.24 bits per heavy atom. The highest BCUT2D eigenvalue weighted by Gasteiger charge is 2.07. The van der Waals surface area contributed by atoms with Gasteiger partial charge < -0.3 is 11.1 Å². The first-order valence-electron chi connectivity index (χ1n) is 4.84. The molecule has 0 spiro atoms. The molecule has 0 saturated carbocycles. The molecule has 2 nitrogen and oxygen atoms in total.